The average molecular weight is 341 g/mol. The van der Waals surface area contributed by atoms with Crippen LogP contribution in [-0.4, -0.2) is 31.9 Å². The van der Waals surface area contributed by atoms with Gasteiger partial charge in [-0.05, 0) is 37.0 Å². The maximum atomic E-state index is 13.7. The Balaban J connectivity index is 0.00000220. The van der Waals surface area contributed by atoms with E-state index in [0.717, 1.165) is 18.2 Å². The molecule has 1 heterocycles. The largest absolute Gasteiger partial charge is 0.329 e. The molecular formula is C13H19ClF2N2O2S. The van der Waals surface area contributed by atoms with Crippen molar-refractivity contribution in [1.29, 1.82) is 0 Å². The molecule has 0 bridgehead atoms. The van der Waals surface area contributed by atoms with Gasteiger partial charge in [-0.15, -0.1) is 12.4 Å². The first kappa shape index (κ1) is 18.3. The van der Waals surface area contributed by atoms with Crippen LogP contribution in [0.15, 0.2) is 23.1 Å². The second-order valence-electron chi connectivity index (χ2n) is 5.21. The Bertz CT molecular complexity index is 598. The third-order valence-electron chi connectivity index (χ3n) is 3.68. The van der Waals surface area contributed by atoms with Crippen molar-refractivity contribution in [2.24, 2.45) is 11.7 Å². The summed E-state index contributed by atoms with van der Waals surface area (Å²) in [6, 6.07) is 2.07. The molecule has 0 aromatic heterocycles. The third-order valence-corrected chi connectivity index (χ3v) is 5.64. The zero-order valence-corrected chi connectivity index (χ0v) is 13.3. The number of halogens is 3. The maximum Gasteiger partial charge on any atom is 0.246 e. The molecule has 1 aromatic rings. The summed E-state index contributed by atoms with van der Waals surface area (Å²) in [5.74, 6) is -1.35. The fraction of sp³-hybridized carbons (Fsp3) is 0.538. The van der Waals surface area contributed by atoms with Crippen molar-refractivity contribution >= 4 is 22.4 Å². The van der Waals surface area contributed by atoms with Gasteiger partial charge >= 0.3 is 0 Å². The van der Waals surface area contributed by atoms with Crippen molar-refractivity contribution in [3.05, 3.63) is 29.8 Å². The van der Waals surface area contributed by atoms with Gasteiger partial charge in [0, 0.05) is 19.1 Å². The van der Waals surface area contributed by atoms with Crippen molar-refractivity contribution in [3.8, 4) is 0 Å². The van der Waals surface area contributed by atoms with E-state index in [-0.39, 0.29) is 31.5 Å². The highest BCUT2D eigenvalue weighted by Crippen LogP contribution is 2.29. The van der Waals surface area contributed by atoms with Gasteiger partial charge < -0.3 is 5.73 Å². The zero-order chi connectivity index (χ0) is 14.9. The second-order valence-corrected chi connectivity index (χ2v) is 7.07. The summed E-state index contributed by atoms with van der Waals surface area (Å²) < 4.78 is 53.1. The molecule has 0 amide bonds. The Morgan fingerprint density at radius 3 is 2.67 bits per heavy atom. The minimum absolute atomic E-state index is 0. The predicted octanol–water partition coefficient (Wildman–Crippen LogP) is 2.13. The molecule has 1 aliphatic heterocycles. The molecule has 0 radical (unpaired) electrons. The fourth-order valence-corrected chi connectivity index (χ4v) is 4.30. The molecule has 0 saturated carbocycles. The number of piperidine rings is 1. The number of nitrogens with two attached hydrogens (primary N) is 1. The third kappa shape index (κ3) is 3.71. The Morgan fingerprint density at radius 1 is 1.38 bits per heavy atom. The van der Waals surface area contributed by atoms with E-state index in [0.29, 0.717) is 18.8 Å². The van der Waals surface area contributed by atoms with E-state index < -0.39 is 26.6 Å². The topological polar surface area (TPSA) is 63.4 Å². The van der Waals surface area contributed by atoms with Crippen LogP contribution in [0, 0.1) is 17.6 Å². The molecule has 2 N–H and O–H groups in total. The summed E-state index contributed by atoms with van der Waals surface area (Å²) in [5, 5.41) is 0. The monoisotopic (exact) mass is 340 g/mol. The summed E-state index contributed by atoms with van der Waals surface area (Å²) in [5.41, 5.74) is 5.62. The SMILES string of the molecule is CC1CCN(S(=O)(=O)c2cc(F)ccc2F)C(CN)C1.Cl. The van der Waals surface area contributed by atoms with Crippen LogP contribution < -0.4 is 5.73 Å². The van der Waals surface area contributed by atoms with Crippen molar-refractivity contribution in [3.63, 3.8) is 0 Å². The van der Waals surface area contributed by atoms with Crippen LogP contribution in [0.25, 0.3) is 0 Å². The van der Waals surface area contributed by atoms with Gasteiger partial charge in [0.15, 0.2) is 0 Å². The Hall–Kier alpha value is -0.760. The molecule has 2 rings (SSSR count). The first-order valence-electron chi connectivity index (χ1n) is 6.53. The van der Waals surface area contributed by atoms with Crippen molar-refractivity contribution in [2.45, 2.75) is 30.7 Å². The molecule has 1 aromatic carbocycles. The van der Waals surface area contributed by atoms with E-state index in [4.69, 9.17) is 5.73 Å². The van der Waals surface area contributed by atoms with Crippen molar-refractivity contribution in [2.75, 3.05) is 13.1 Å². The van der Waals surface area contributed by atoms with Crippen LogP contribution in [0.1, 0.15) is 19.8 Å². The van der Waals surface area contributed by atoms with Gasteiger partial charge in [-0.3, -0.25) is 0 Å². The van der Waals surface area contributed by atoms with Crippen LogP contribution in [0.2, 0.25) is 0 Å². The summed E-state index contributed by atoms with van der Waals surface area (Å²) in [6.07, 6.45) is 1.32. The molecule has 8 heteroatoms. The van der Waals surface area contributed by atoms with Gasteiger partial charge in [-0.2, -0.15) is 4.31 Å². The van der Waals surface area contributed by atoms with E-state index in [2.05, 4.69) is 0 Å². The Kier molecular flexibility index (Phi) is 6.10. The molecule has 0 aliphatic carbocycles. The highest BCUT2D eigenvalue weighted by molar-refractivity contribution is 7.89. The number of hydrogen-bond acceptors (Lipinski definition) is 3. The maximum absolute atomic E-state index is 13.7. The van der Waals surface area contributed by atoms with Gasteiger partial charge in [-0.25, -0.2) is 17.2 Å². The minimum atomic E-state index is -4.06. The normalized spacial score (nSPS) is 23.6. The predicted molar refractivity (Wildman–Crippen MR) is 78.7 cm³/mol. The molecule has 0 spiro atoms. The van der Waals surface area contributed by atoms with Crippen LogP contribution in [0.4, 0.5) is 8.78 Å². The quantitative estimate of drug-likeness (QED) is 0.916. The van der Waals surface area contributed by atoms with E-state index in [1.54, 1.807) is 0 Å². The molecule has 2 atom stereocenters. The Labute approximate surface area is 129 Å². The molecule has 1 saturated heterocycles. The molecule has 1 aliphatic rings. The average Bonchev–Trinajstić information content (AvgIpc) is 2.40. The number of sulfonamides is 1. The first-order valence-corrected chi connectivity index (χ1v) is 7.97. The van der Waals surface area contributed by atoms with Crippen LogP contribution >= 0.6 is 12.4 Å². The molecular weight excluding hydrogens is 322 g/mol. The van der Waals surface area contributed by atoms with Crippen molar-refractivity contribution in [1.82, 2.24) is 4.31 Å². The minimum Gasteiger partial charge on any atom is -0.329 e. The zero-order valence-electron chi connectivity index (χ0n) is 11.6. The van der Waals surface area contributed by atoms with Gasteiger partial charge in [0.2, 0.25) is 10.0 Å². The lowest BCUT2D eigenvalue weighted by Gasteiger charge is -2.36. The van der Waals surface area contributed by atoms with Gasteiger partial charge in [0.05, 0.1) is 0 Å². The lowest BCUT2D eigenvalue weighted by atomic mass is 9.94. The van der Waals surface area contributed by atoms with Crippen LogP contribution in [0.3, 0.4) is 0 Å². The number of hydrogen-bond donors (Lipinski definition) is 1. The Morgan fingerprint density at radius 2 is 2.05 bits per heavy atom. The highest BCUT2D eigenvalue weighted by Gasteiger charge is 2.36. The van der Waals surface area contributed by atoms with E-state index in [9.17, 15) is 17.2 Å². The standard InChI is InChI=1S/C13H18F2N2O2S.ClH/c1-9-4-5-17(11(6-9)8-16)20(18,19)13-7-10(14)2-3-12(13)15;/h2-3,7,9,11H,4-6,8,16H2,1H3;1H. The first-order chi connectivity index (χ1) is 9.36. The smallest absolute Gasteiger partial charge is 0.246 e. The summed E-state index contributed by atoms with van der Waals surface area (Å²) in [4.78, 5) is -0.620. The molecule has 1 fully saturated rings. The van der Waals surface area contributed by atoms with E-state index in [1.807, 2.05) is 6.92 Å². The second kappa shape index (κ2) is 7.00. The molecule has 21 heavy (non-hydrogen) atoms. The molecule has 2 unspecified atom stereocenters. The fourth-order valence-electron chi connectivity index (χ4n) is 2.56. The molecule has 120 valence electrons. The van der Waals surface area contributed by atoms with E-state index >= 15 is 0 Å². The number of benzene rings is 1. The van der Waals surface area contributed by atoms with Crippen LogP contribution in [0.5, 0.6) is 0 Å². The molecule has 4 nitrogen and oxygen atoms in total. The van der Waals surface area contributed by atoms with Gasteiger partial charge in [0.1, 0.15) is 16.5 Å². The summed E-state index contributed by atoms with van der Waals surface area (Å²) in [7, 11) is -4.06. The lowest BCUT2D eigenvalue weighted by Crippen LogP contribution is -2.49. The highest BCUT2D eigenvalue weighted by atomic mass is 35.5. The summed E-state index contributed by atoms with van der Waals surface area (Å²) >= 11 is 0. The number of nitrogens with zero attached hydrogens (tertiary/aromatic N) is 1. The van der Waals surface area contributed by atoms with Crippen molar-refractivity contribution < 1.29 is 17.2 Å². The summed E-state index contributed by atoms with van der Waals surface area (Å²) in [6.45, 7) is 2.47. The van der Waals surface area contributed by atoms with Crippen LogP contribution in [-0.2, 0) is 10.0 Å². The van der Waals surface area contributed by atoms with E-state index in [1.165, 1.54) is 4.31 Å². The number of rotatable bonds is 3. The van der Waals surface area contributed by atoms with Gasteiger partial charge in [0.25, 0.3) is 0 Å². The lowest BCUT2D eigenvalue weighted by molar-refractivity contribution is 0.210. The van der Waals surface area contributed by atoms with Gasteiger partial charge in [-0.1, -0.05) is 6.92 Å².